The number of amides is 1. The first-order valence-electron chi connectivity index (χ1n) is 6.03. The molecule has 4 nitrogen and oxygen atoms in total. The lowest BCUT2D eigenvalue weighted by Gasteiger charge is -2.29. The van der Waals surface area contributed by atoms with Gasteiger partial charge in [0.05, 0.1) is 12.6 Å². The van der Waals surface area contributed by atoms with E-state index in [4.69, 9.17) is 5.73 Å². The lowest BCUT2D eigenvalue weighted by molar-refractivity contribution is -0.122. The average molecular weight is 253 g/mol. The molecule has 0 aromatic heterocycles. The van der Waals surface area contributed by atoms with E-state index >= 15 is 0 Å². The fraction of sp³-hybridized carbons (Fsp3) is 0.462. The Kier molecular flexibility index (Phi) is 5.74. The Morgan fingerprint density at radius 2 is 2.17 bits per heavy atom. The van der Waals surface area contributed by atoms with Gasteiger partial charge in [-0.3, -0.25) is 9.69 Å². The molecule has 0 aliphatic rings. The second kappa shape index (κ2) is 7.08. The molecule has 0 aliphatic carbocycles. The molecule has 1 aromatic rings. The SMILES string of the molecule is CCN(CC(=O)NC)C(CN)c1ccccc1F. The van der Waals surface area contributed by atoms with Crippen LogP contribution in [0.25, 0.3) is 0 Å². The zero-order valence-corrected chi connectivity index (χ0v) is 10.8. The number of carbonyl (C=O) groups excluding carboxylic acids is 1. The smallest absolute Gasteiger partial charge is 0.233 e. The molecular weight excluding hydrogens is 233 g/mol. The van der Waals surface area contributed by atoms with Crippen molar-refractivity contribution in [3.8, 4) is 0 Å². The van der Waals surface area contributed by atoms with Crippen molar-refractivity contribution in [1.29, 1.82) is 0 Å². The number of hydrogen-bond donors (Lipinski definition) is 2. The Morgan fingerprint density at radius 3 is 2.67 bits per heavy atom. The first-order valence-corrected chi connectivity index (χ1v) is 6.03. The van der Waals surface area contributed by atoms with Gasteiger partial charge in [-0.2, -0.15) is 0 Å². The van der Waals surface area contributed by atoms with E-state index < -0.39 is 0 Å². The van der Waals surface area contributed by atoms with Crippen LogP contribution in [0.5, 0.6) is 0 Å². The van der Waals surface area contributed by atoms with E-state index in [-0.39, 0.29) is 30.9 Å². The summed E-state index contributed by atoms with van der Waals surface area (Å²) in [5.41, 5.74) is 6.26. The van der Waals surface area contributed by atoms with E-state index in [1.54, 1.807) is 25.2 Å². The molecule has 1 atom stereocenters. The number of rotatable bonds is 6. The van der Waals surface area contributed by atoms with Gasteiger partial charge in [0, 0.05) is 19.2 Å². The Bertz CT molecular complexity index is 398. The highest BCUT2D eigenvalue weighted by atomic mass is 19.1. The largest absolute Gasteiger partial charge is 0.358 e. The summed E-state index contributed by atoms with van der Waals surface area (Å²) < 4.78 is 13.8. The molecule has 3 N–H and O–H groups in total. The molecule has 0 aliphatic heterocycles. The highest BCUT2D eigenvalue weighted by Gasteiger charge is 2.22. The lowest BCUT2D eigenvalue weighted by atomic mass is 10.0. The van der Waals surface area contributed by atoms with E-state index in [9.17, 15) is 9.18 Å². The van der Waals surface area contributed by atoms with Gasteiger partial charge in [0.2, 0.25) is 5.91 Å². The van der Waals surface area contributed by atoms with Crippen molar-refractivity contribution in [2.45, 2.75) is 13.0 Å². The maximum Gasteiger partial charge on any atom is 0.233 e. The predicted molar refractivity (Wildman–Crippen MR) is 69.5 cm³/mol. The molecule has 0 saturated heterocycles. The molecule has 100 valence electrons. The Hall–Kier alpha value is -1.46. The number of nitrogens with one attached hydrogen (secondary N) is 1. The summed E-state index contributed by atoms with van der Waals surface area (Å²) in [5, 5.41) is 2.56. The van der Waals surface area contributed by atoms with Crippen LogP contribution in [-0.2, 0) is 4.79 Å². The second-order valence-corrected chi connectivity index (χ2v) is 4.01. The molecule has 0 saturated carbocycles. The van der Waals surface area contributed by atoms with Crippen molar-refractivity contribution < 1.29 is 9.18 Å². The van der Waals surface area contributed by atoms with Gasteiger partial charge in [-0.15, -0.1) is 0 Å². The summed E-state index contributed by atoms with van der Waals surface area (Å²) in [7, 11) is 1.58. The Labute approximate surface area is 107 Å². The molecule has 1 rings (SSSR count). The fourth-order valence-corrected chi connectivity index (χ4v) is 1.92. The van der Waals surface area contributed by atoms with E-state index in [1.165, 1.54) is 6.07 Å². The van der Waals surface area contributed by atoms with Gasteiger partial charge in [-0.25, -0.2) is 4.39 Å². The van der Waals surface area contributed by atoms with Crippen molar-refractivity contribution in [2.75, 3.05) is 26.7 Å². The normalized spacial score (nSPS) is 12.5. The van der Waals surface area contributed by atoms with Gasteiger partial charge in [0.15, 0.2) is 0 Å². The summed E-state index contributed by atoms with van der Waals surface area (Å²) in [6.07, 6.45) is 0. The van der Waals surface area contributed by atoms with Crippen molar-refractivity contribution in [2.24, 2.45) is 5.73 Å². The first kappa shape index (κ1) is 14.6. The highest BCUT2D eigenvalue weighted by Crippen LogP contribution is 2.21. The molecule has 1 unspecified atom stereocenters. The maximum atomic E-state index is 13.8. The summed E-state index contributed by atoms with van der Waals surface area (Å²) in [5.74, 6) is -0.394. The Balaban J connectivity index is 2.93. The van der Waals surface area contributed by atoms with Gasteiger partial charge >= 0.3 is 0 Å². The van der Waals surface area contributed by atoms with Crippen LogP contribution in [0.3, 0.4) is 0 Å². The zero-order chi connectivity index (χ0) is 13.5. The predicted octanol–water partition coefficient (Wildman–Crippen LogP) is 0.893. The van der Waals surface area contributed by atoms with Gasteiger partial charge in [-0.1, -0.05) is 25.1 Å². The average Bonchev–Trinajstić information content (AvgIpc) is 2.40. The van der Waals surface area contributed by atoms with Crippen LogP contribution in [0, 0.1) is 5.82 Å². The number of carbonyl (C=O) groups is 1. The minimum absolute atomic E-state index is 0.105. The monoisotopic (exact) mass is 253 g/mol. The van der Waals surface area contributed by atoms with Gasteiger partial charge in [0.1, 0.15) is 5.82 Å². The standard InChI is InChI=1S/C13H20FN3O/c1-3-17(9-13(18)16-2)12(8-15)10-6-4-5-7-11(10)14/h4-7,12H,3,8-9,15H2,1-2H3,(H,16,18). The van der Waals surface area contributed by atoms with E-state index in [0.29, 0.717) is 12.1 Å². The number of halogens is 1. The lowest BCUT2D eigenvalue weighted by Crippen LogP contribution is -2.40. The molecule has 0 radical (unpaired) electrons. The fourth-order valence-electron chi connectivity index (χ4n) is 1.92. The number of nitrogens with zero attached hydrogens (tertiary/aromatic N) is 1. The summed E-state index contributed by atoms with van der Waals surface area (Å²) in [6, 6.07) is 6.25. The van der Waals surface area contributed by atoms with Crippen molar-refractivity contribution in [3.05, 3.63) is 35.6 Å². The minimum atomic E-state index is -0.289. The third-order valence-corrected chi connectivity index (χ3v) is 2.96. The number of nitrogens with two attached hydrogens (primary N) is 1. The molecule has 0 spiro atoms. The molecule has 1 amide bonds. The highest BCUT2D eigenvalue weighted by molar-refractivity contribution is 5.77. The van der Waals surface area contributed by atoms with Gasteiger partial charge < -0.3 is 11.1 Å². The number of likely N-dealkylation sites (N-methyl/N-ethyl adjacent to an activating group) is 2. The molecule has 0 fully saturated rings. The van der Waals surface area contributed by atoms with Crippen molar-refractivity contribution in [1.82, 2.24) is 10.2 Å². The van der Waals surface area contributed by atoms with Crippen LogP contribution in [0.15, 0.2) is 24.3 Å². The topological polar surface area (TPSA) is 58.4 Å². The number of hydrogen-bond acceptors (Lipinski definition) is 3. The third-order valence-electron chi connectivity index (χ3n) is 2.96. The van der Waals surface area contributed by atoms with Crippen LogP contribution in [0.4, 0.5) is 4.39 Å². The first-order chi connectivity index (χ1) is 8.63. The van der Waals surface area contributed by atoms with Crippen LogP contribution >= 0.6 is 0 Å². The minimum Gasteiger partial charge on any atom is -0.358 e. The third kappa shape index (κ3) is 3.51. The van der Waals surface area contributed by atoms with E-state index in [0.717, 1.165) is 0 Å². The molecule has 18 heavy (non-hydrogen) atoms. The quantitative estimate of drug-likeness (QED) is 0.791. The van der Waals surface area contributed by atoms with Crippen molar-refractivity contribution in [3.63, 3.8) is 0 Å². The number of benzene rings is 1. The molecular formula is C13H20FN3O. The van der Waals surface area contributed by atoms with Crippen LogP contribution in [0.2, 0.25) is 0 Å². The van der Waals surface area contributed by atoms with Crippen molar-refractivity contribution >= 4 is 5.91 Å². The second-order valence-electron chi connectivity index (χ2n) is 4.01. The summed E-state index contributed by atoms with van der Waals surface area (Å²) >= 11 is 0. The zero-order valence-electron chi connectivity index (χ0n) is 10.8. The maximum absolute atomic E-state index is 13.8. The molecule has 0 heterocycles. The van der Waals surface area contributed by atoms with E-state index in [1.807, 2.05) is 11.8 Å². The summed E-state index contributed by atoms with van der Waals surface area (Å²) in [6.45, 7) is 3.03. The molecule has 5 heteroatoms. The Morgan fingerprint density at radius 1 is 1.50 bits per heavy atom. The summed E-state index contributed by atoms with van der Waals surface area (Å²) in [4.78, 5) is 13.3. The van der Waals surface area contributed by atoms with Crippen LogP contribution in [-0.4, -0.2) is 37.5 Å². The van der Waals surface area contributed by atoms with Gasteiger partial charge in [0.25, 0.3) is 0 Å². The van der Waals surface area contributed by atoms with Crippen LogP contribution < -0.4 is 11.1 Å². The van der Waals surface area contributed by atoms with Crippen LogP contribution in [0.1, 0.15) is 18.5 Å². The molecule has 0 bridgehead atoms. The van der Waals surface area contributed by atoms with E-state index in [2.05, 4.69) is 5.32 Å². The van der Waals surface area contributed by atoms with Gasteiger partial charge in [-0.05, 0) is 12.6 Å². The molecule has 1 aromatic carbocycles.